The fraction of sp³-hybridized carbons (Fsp3) is 0.120. The lowest BCUT2D eigenvalue weighted by Gasteiger charge is -2.11. The molecule has 0 aliphatic carbocycles. The Morgan fingerprint density at radius 3 is 2.39 bits per heavy atom. The highest BCUT2D eigenvalue weighted by molar-refractivity contribution is 8.18. The van der Waals surface area contributed by atoms with Gasteiger partial charge < -0.3 is 9.15 Å². The summed E-state index contributed by atoms with van der Waals surface area (Å²) in [6.07, 6.45) is 1.48. The summed E-state index contributed by atoms with van der Waals surface area (Å²) in [6.45, 7) is 1.72. The van der Waals surface area contributed by atoms with Crippen LogP contribution in [-0.4, -0.2) is 41.0 Å². The molecule has 7 nitrogen and oxygen atoms in total. The standard InChI is InChI=1S/C25H19NO6S/c1-2-31-24(29)18-10-8-17(9-11-18)21-13-12-19(32-21)14-22-23(28)26(25(30)33-22)15-20(27)16-6-4-3-5-7-16/h3-14H,2,15H2,1H3/b22-14+. The van der Waals surface area contributed by atoms with Gasteiger partial charge in [0.2, 0.25) is 0 Å². The van der Waals surface area contributed by atoms with Gasteiger partial charge in [0, 0.05) is 17.2 Å². The van der Waals surface area contributed by atoms with E-state index in [0.717, 1.165) is 22.2 Å². The Labute approximate surface area is 194 Å². The van der Waals surface area contributed by atoms with E-state index in [9.17, 15) is 19.2 Å². The van der Waals surface area contributed by atoms with Gasteiger partial charge in [-0.25, -0.2) is 4.79 Å². The predicted octanol–water partition coefficient (Wildman–Crippen LogP) is 5.04. The van der Waals surface area contributed by atoms with Crippen LogP contribution in [0, 0.1) is 0 Å². The number of hydrogen-bond acceptors (Lipinski definition) is 7. The molecule has 2 aromatic carbocycles. The number of Topliss-reactive ketones (excluding diaryl/α,β-unsaturated/α-hetero) is 1. The van der Waals surface area contributed by atoms with Crippen LogP contribution in [0.15, 0.2) is 76.1 Å². The number of nitrogens with zero attached hydrogens (tertiary/aromatic N) is 1. The third kappa shape index (κ3) is 4.96. The number of ketones is 1. The molecule has 0 bridgehead atoms. The summed E-state index contributed by atoms with van der Waals surface area (Å²) in [4.78, 5) is 50.3. The average Bonchev–Trinajstić information content (AvgIpc) is 3.40. The molecule has 0 N–H and O–H groups in total. The van der Waals surface area contributed by atoms with E-state index < -0.39 is 17.1 Å². The lowest BCUT2D eigenvalue weighted by molar-refractivity contribution is -0.122. The number of carbonyl (C=O) groups is 4. The van der Waals surface area contributed by atoms with Crippen LogP contribution in [0.1, 0.15) is 33.4 Å². The summed E-state index contributed by atoms with van der Waals surface area (Å²) in [7, 11) is 0. The molecule has 1 fully saturated rings. The fourth-order valence-corrected chi connectivity index (χ4v) is 4.01. The number of amides is 2. The molecule has 0 spiro atoms. The van der Waals surface area contributed by atoms with Crippen LogP contribution >= 0.6 is 11.8 Å². The molecule has 1 saturated heterocycles. The van der Waals surface area contributed by atoms with Crippen molar-refractivity contribution in [3.05, 3.63) is 88.5 Å². The molecule has 166 valence electrons. The van der Waals surface area contributed by atoms with Gasteiger partial charge in [-0.1, -0.05) is 42.5 Å². The number of carbonyl (C=O) groups excluding carboxylic acids is 4. The average molecular weight is 461 g/mol. The van der Waals surface area contributed by atoms with Crippen molar-refractivity contribution in [1.82, 2.24) is 4.90 Å². The van der Waals surface area contributed by atoms with Gasteiger partial charge in [0.1, 0.15) is 11.5 Å². The zero-order chi connectivity index (χ0) is 23.4. The molecule has 4 rings (SSSR count). The van der Waals surface area contributed by atoms with Crippen molar-refractivity contribution in [2.24, 2.45) is 0 Å². The van der Waals surface area contributed by atoms with Gasteiger partial charge in [-0.05, 0) is 43.0 Å². The first-order valence-corrected chi connectivity index (χ1v) is 11.0. The summed E-state index contributed by atoms with van der Waals surface area (Å²) in [6, 6.07) is 18.7. The second kappa shape index (κ2) is 9.70. The summed E-state index contributed by atoms with van der Waals surface area (Å²) in [5.41, 5.74) is 1.61. The van der Waals surface area contributed by atoms with E-state index in [0.29, 0.717) is 29.3 Å². The first kappa shape index (κ1) is 22.3. The van der Waals surface area contributed by atoms with Crippen molar-refractivity contribution in [3.8, 4) is 11.3 Å². The molecular weight excluding hydrogens is 442 g/mol. The molecule has 0 unspecified atom stereocenters. The van der Waals surface area contributed by atoms with Crippen LogP contribution in [0.4, 0.5) is 4.79 Å². The van der Waals surface area contributed by atoms with E-state index in [1.807, 2.05) is 0 Å². The molecule has 8 heteroatoms. The van der Waals surface area contributed by atoms with E-state index >= 15 is 0 Å². The number of benzene rings is 2. The van der Waals surface area contributed by atoms with Crippen LogP contribution in [0.5, 0.6) is 0 Å². The van der Waals surface area contributed by atoms with Crippen LogP contribution < -0.4 is 0 Å². The van der Waals surface area contributed by atoms with E-state index in [4.69, 9.17) is 9.15 Å². The third-order valence-corrected chi connectivity index (χ3v) is 5.76. The highest BCUT2D eigenvalue weighted by Gasteiger charge is 2.36. The number of ether oxygens (including phenoxy) is 1. The first-order chi connectivity index (χ1) is 16.0. The van der Waals surface area contributed by atoms with Crippen molar-refractivity contribution >= 4 is 40.7 Å². The molecular formula is C25H19NO6S. The molecule has 0 atom stereocenters. The molecule has 0 radical (unpaired) electrons. The van der Waals surface area contributed by atoms with E-state index in [1.54, 1.807) is 73.7 Å². The molecule has 2 amide bonds. The second-order valence-electron chi connectivity index (χ2n) is 7.06. The van der Waals surface area contributed by atoms with Crippen LogP contribution in [-0.2, 0) is 9.53 Å². The number of esters is 1. The van der Waals surface area contributed by atoms with Gasteiger partial charge in [-0.15, -0.1) is 0 Å². The Bertz CT molecular complexity index is 1240. The van der Waals surface area contributed by atoms with E-state index in [2.05, 4.69) is 0 Å². The summed E-state index contributed by atoms with van der Waals surface area (Å²) in [5, 5.41) is -0.503. The zero-order valence-electron chi connectivity index (χ0n) is 17.6. The topological polar surface area (TPSA) is 93.9 Å². The number of imide groups is 1. The smallest absolute Gasteiger partial charge is 0.338 e. The predicted molar refractivity (Wildman–Crippen MR) is 124 cm³/mol. The van der Waals surface area contributed by atoms with Crippen LogP contribution in [0.25, 0.3) is 17.4 Å². The maximum Gasteiger partial charge on any atom is 0.338 e. The quantitative estimate of drug-likeness (QED) is 0.276. The van der Waals surface area contributed by atoms with Crippen molar-refractivity contribution in [3.63, 3.8) is 0 Å². The number of thioether (sulfide) groups is 1. The third-order valence-electron chi connectivity index (χ3n) is 4.85. The maximum atomic E-state index is 12.7. The molecule has 1 aliphatic heterocycles. The Hall–Kier alpha value is -3.91. The Morgan fingerprint density at radius 1 is 0.970 bits per heavy atom. The summed E-state index contributed by atoms with van der Waals surface area (Å²) < 4.78 is 10.8. The van der Waals surface area contributed by atoms with Crippen molar-refractivity contribution < 1.29 is 28.3 Å². The van der Waals surface area contributed by atoms with Gasteiger partial charge in [0.05, 0.1) is 23.6 Å². The van der Waals surface area contributed by atoms with Gasteiger partial charge in [-0.2, -0.15) is 0 Å². The first-order valence-electron chi connectivity index (χ1n) is 10.2. The normalized spacial score (nSPS) is 14.7. The lowest BCUT2D eigenvalue weighted by Crippen LogP contribution is -2.33. The number of hydrogen-bond donors (Lipinski definition) is 0. The molecule has 2 heterocycles. The van der Waals surface area contributed by atoms with Gasteiger partial charge in [0.15, 0.2) is 5.78 Å². The van der Waals surface area contributed by atoms with E-state index in [-0.39, 0.29) is 17.2 Å². The lowest BCUT2D eigenvalue weighted by atomic mass is 10.1. The molecule has 1 aliphatic rings. The van der Waals surface area contributed by atoms with Crippen molar-refractivity contribution in [2.45, 2.75) is 6.92 Å². The SMILES string of the molecule is CCOC(=O)c1ccc(-c2ccc(/C=C3/SC(=O)N(CC(=O)c4ccccc4)C3=O)o2)cc1. The Balaban J connectivity index is 1.47. The summed E-state index contributed by atoms with van der Waals surface area (Å²) >= 11 is 0.764. The molecule has 3 aromatic rings. The van der Waals surface area contributed by atoms with Crippen molar-refractivity contribution in [1.29, 1.82) is 0 Å². The molecule has 1 aromatic heterocycles. The minimum absolute atomic E-state index is 0.180. The Morgan fingerprint density at radius 2 is 1.70 bits per heavy atom. The van der Waals surface area contributed by atoms with Gasteiger partial charge >= 0.3 is 5.97 Å². The highest BCUT2D eigenvalue weighted by atomic mass is 32.2. The second-order valence-corrected chi connectivity index (χ2v) is 8.05. The van der Waals surface area contributed by atoms with Crippen molar-refractivity contribution in [2.75, 3.05) is 13.2 Å². The van der Waals surface area contributed by atoms with Crippen LogP contribution in [0.3, 0.4) is 0 Å². The molecule has 0 saturated carbocycles. The van der Waals surface area contributed by atoms with E-state index in [1.165, 1.54) is 6.08 Å². The van der Waals surface area contributed by atoms with Gasteiger partial charge in [0.25, 0.3) is 11.1 Å². The molecule has 33 heavy (non-hydrogen) atoms. The number of rotatable bonds is 7. The fourth-order valence-electron chi connectivity index (χ4n) is 3.20. The van der Waals surface area contributed by atoms with Crippen LogP contribution in [0.2, 0.25) is 0 Å². The summed E-state index contributed by atoms with van der Waals surface area (Å²) in [5.74, 6) is -0.322. The van der Waals surface area contributed by atoms with Gasteiger partial charge in [-0.3, -0.25) is 19.3 Å². The minimum atomic E-state index is -0.536. The largest absolute Gasteiger partial charge is 0.462 e. The minimum Gasteiger partial charge on any atom is -0.462 e. The Kier molecular flexibility index (Phi) is 6.55. The monoisotopic (exact) mass is 461 g/mol. The zero-order valence-corrected chi connectivity index (χ0v) is 18.5. The number of furan rings is 1. The maximum absolute atomic E-state index is 12.7. The highest BCUT2D eigenvalue weighted by Crippen LogP contribution is 2.33.